The summed E-state index contributed by atoms with van der Waals surface area (Å²) in [6, 6.07) is 7.84. The van der Waals surface area contributed by atoms with Crippen LogP contribution in [-0.4, -0.2) is 34.7 Å². The topological polar surface area (TPSA) is 45.5 Å². The maximum absolute atomic E-state index is 6.19. The summed E-state index contributed by atoms with van der Waals surface area (Å²) in [5.74, 6) is 0.818. The van der Waals surface area contributed by atoms with E-state index in [0.717, 1.165) is 22.1 Å². The van der Waals surface area contributed by atoms with Crippen molar-refractivity contribution in [1.82, 2.24) is 20.0 Å². The van der Waals surface area contributed by atoms with Crippen molar-refractivity contribution in [2.75, 3.05) is 14.1 Å². The number of hydrogen-bond donors (Lipinski definition) is 1. The molecule has 0 aliphatic rings. The fraction of sp³-hybridized carbons (Fsp3) is 0.333. The Morgan fingerprint density at radius 2 is 2.14 bits per heavy atom. The van der Waals surface area contributed by atoms with Crippen molar-refractivity contribution in [3.8, 4) is 0 Å². The monoisotopic (exact) mass is 433 g/mol. The molecule has 2 rings (SSSR count). The van der Waals surface area contributed by atoms with Gasteiger partial charge in [-0.05, 0) is 11.6 Å². The van der Waals surface area contributed by atoms with Crippen LogP contribution in [0.5, 0.6) is 0 Å². The van der Waals surface area contributed by atoms with Crippen LogP contribution in [0.1, 0.15) is 11.1 Å². The zero-order valence-electron chi connectivity index (χ0n) is 13.0. The van der Waals surface area contributed by atoms with Gasteiger partial charge in [-0.1, -0.05) is 29.8 Å². The Balaban J connectivity index is 0.00000242. The SMILES string of the molecule is CN=C(NCc1cnn(C)c1)N(C)Cc1ccccc1Cl.I. The van der Waals surface area contributed by atoms with Gasteiger partial charge in [0.2, 0.25) is 0 Å². The van der Waals surface area contributed by atoms with E-state index in [1.54, 1.807) is 11.7 Å². The van der Waals surface area contributed by atoms with E-state index in [1.165, 1.54) is 0 Å². The molecule has 0 spiro atoms. The molecule has 1 aromatic carbocycles. The van der Waals surface area contributed by atoms with Gasteiger partial charge in [-0.15, -0.1) is 24.0 Å². The Kier molecular flexibility index (Phi) is 7.67. The summed E-state index contributed by atoms with van der Waals surface area (Å²) in [6.45, 7) is 1.39. The summed E-state index contributed by atoms with van der Waals surface area (Å²) in [6.07, 6.45) is 3.82. The molecule has 7 heteroatoms. The lowest BCUT2D eigenvalue weighted by Gasteiger charge is -2.22. The maximum Gasteiger partial charge on any atom is 0.193 e. The molecule has 0 fully saturated rings. The first-order chi connectivity index (χ1) is 10.1. The lowest BCUT2D eigenvalue weighted by Crippen LogP contribution is -2.38. The molecular formula is C15H21ClIN5. The summed E-state index contributed by atoms with van der Waals surface area (Å²) in [4.78, 5) is 6.34. The average Bonchev–Trinajstić information content (AvgIpc) is 2.88. The van der Waals surface area contributed by atoms with Crippen LogP contribution < -0.4 is 5.32 Å². The highest BCUT2D eigenvalue weighted by Gasteiger charge is 2.08. The first-order valence-corrected chi connectivity index (χ1v) is 7.10. The Labute approximate surface area is 153 Å². The van der Waals surface area contributed by atoms with E-state index in [2.05, 4.69) is 15.4 Å². The molecule has 2 aromatic rings. The molecule has 1 aromatic heterocycles. The van der Waals surface area contributed by atoms with Crippen LogP contribution in [0, 0.1) is 0 Å². The molecule has 0 bridgehead atoms. The van der Waals surface area contributed by atoms with E-state index in [0.29, 0.717) is 13.1 Å². The van der Waals surface area contributed by atoms with Gasteiger partial charge in [0.25, 0.3) is 0 Å². The van der Waals surface area contributed by atoms with Gasteiger partial charge in [-0.2, -0.15) is 5.10 Å². The third-order valence-electron chi connectivity index (χ3n) is 3.15. The summed E-state index contributed by atoms with van der Waals surface area (Å²) in [7, 11) is 5.67. The molecule has 22 heavy (non-hydrogen) atoms. The number of nitrogens with one attached hydrogen (secondary N) is 1. The Morgan fingerprint density at radius 3 is 2.73 bits per heavy atom. The Bertz CT molecular complexity index is 626. The van der Waals surface area contributed by atoms with Crippen LogP contribution >= 0.6 is 35.6 Å². The van der Waals surface area contributed by atoms with Gasteiger partial charge in [0.1, 0.15) is 0 Å². The zero-order chi connectivity index (χ0) is 15.2. The number of hydrogen-bond acceptors (Lipinski definition) is 2. The summed E-state index contributed by atoms with van der Waals surface area (Å²) in [5.41, 5.74) is 2.19. The van der Waals surface area contributed by atoms with Gasteiger partial charge in [0, 0.05) is 51.0 Å². The highest BCUT2D eigenvalue weighted by molar-refractivity contribution is 14.0. The molecule has 0 amide bonds. The summed E-state index contributed by atoms with van der Waals surface area (Å²) >= 11 is 6.19. The standard InChI is InChI=1S/C15H20ClN5.HI/c1-17-15(18-8-12-9-19-21(3)10-12)20(2)11-13-6-4-5-7-14(13)16;/h4-7,9-10H,8,11H2,1-3H3,(H,17,18);1H. The maximum atomic E-state index is 6.19. The molecule has 1 N–H and O–H groups in total. The molecule has 1 heterocycles. The second-order valence-electron chi connectivity index (χ2n) is 4.87. The van der Waals surface area contributed by atoms with Crippen LogP contribution in [-0.2, 0) is 20.1 Å². The molecule has 0 aliphatic carbocycles. The number of aromatic nitrogens is 2. The van der Waals surface area contributed by atoms with Crippen LogP contribution in [0.3, 0.4) is 0 Å². The van der Waals surface area contributed by atoms with E-state index in [9.17, 15) is 0 Å². The fourth-order valence-corrected chi connectivity index (χ4v) is 2.28. The van der Waals surface area contributed by atoms with Crippen molar-refractivity contribution in [1.29, 1.82) is 0 Å². The second kappa shape index (κ2) is 8.99. The van der Waals surface area contributed by atoms with Crippen LogP contribution in [0.2, 0.25) is 5.02 Å². The molecule has 0 atom stereocenters. The predicted molar refractivity (Wildman–Crippen MR) is 102 cm³/mol. The van der Waals surface area contributed by atoms with Crippen molar-refractivity contribution in [2.45, 2.75) is 13.1 Å². The van der Waals surface area contributed by atoms with Crippen molar-refractivity contribution >= 4 is 41.5 Å². The average molecular weight is 434 g/mol. The molecule has 0 unspecified atom stereocenters. The highest BCUT2D eigenvalue weighted by atomic mass is 127. The van der Waals surface area contributed by atoms with Gasteiger partial charge < -0.3 is 10.2 Å². The summed E-state index contributed by atoms with van der Waals surface area (Å²) < 4.78 is 1.78. The first-order valence-electron chi connectivity index (χ1n) is 6.73. The summed E-state index contributed by atoms with van der Waals surface area (Å²) in [5, 5.41) is 8.24. The minimum Gasteiger partial charge on any atom is -0.352 e. The first kappa shape index (κ1) is 18.8. The molecule has 0 saturated carbocycles. The minimum absolute atomic E-state index is 0. The van der Waals surface area contributed by atoms with Crippen LogP contribution in [0.15, 0.2) is 41.7 Å². The highest BCUT2D eigenvalue weighted by Crippen LogP contribution is 2.16. The van der Waals surface area contributed by atoms with Crippen molar-refractivity contribution in [2.24, 2.45) is 12.0 Å². The van der Waals surface area contributed by atoms with Gasteiger partial charge in [0.15, 0.2) is 5.96 Å². The molecule has 120 valence electrons. The largest absolute Gasteiger partial charge is 0.352 e. The lowest BCUT2D eigenvalue weighted by atomic mass is 10.2. The van der Waals surface area contributed by atoms with Crippen molar-refractivity contribution < 1.29 is 0 Å². The number of nitrogens with zero attached hydrogens (tertiary/aromatic N) is 4. The minimum atomic E-state index is 0. The van der Waals surface area contributed by atoms with Crippen LogP contribution in [0.25, 0.3) is 0 Å². The molecular weight excluding hydrogens is 413 g/mol. The number of aryl methyl sites for hydroxylation is 1. The van der Waals surface area contributed by atoms with Gasteiger partial charge in [-0.25, -0.2) is 0 Å². The number of benzene rings is 1. The molecule has 5 nitrogen and oxygen atoms in total. The van der Waals surface area contributed by atoms with Gasteiger partial charge >= 0.3 is 0 Å². The van der Waals surface area contributed by atoms with E-state index in [-0.39, 0.29) is 24.0 Å². The smallest absolute Gasteiger partial charge is 0.193 e. The van der Waals surface area contributed by atoms with E-state index >= 15 is 0 Å². The second-order valence-corrected chi connectivity index (χ2v) is 5.28. The third kappa shape index (κ3) is 5.17. The van der Waals surface area contributed by atoms with Crippen molar-refractivity contribution in [3.05, 3.63) is 52.8 Å². The zero-order valence-corrected chi connectivity index (χ0v) is 16.0. The van der Waals surface area contributed by atoms with Crippen LogP contribution in [0.4, 0.5) is 0 Å². The number of rotatable bonds is 4. The Morgan fingerprint density at radius 1 is 1.41 bits per heavy atom. The van der Waals surface area contributed by atoms with Crippen molar-refractivity contribution in [3.63, 3.8) is 0 Å². The molecule has 0 radical (unpaired) electrons. The lowest BCUT2D eigenvalue weighted by molar-refractivity contribution is 0.476. The van der Waals surface area contributed by atoms with E-state index in [4.69, 9.17) is 11.6 Å². The van der Waals surface area contributed by atoms with Gasteiger partial charge in [-0.3, -0.25) is 9.67 Å². The number of halogens is 2. The quantitative estimate of drug-likeness (QED) is 0.458. The van der Waals surface area contributed by atoms with E-state index < -0.39 is 0 Å². The third-order valence-corrected chi connectivity index (χ3v) is 3.52. The van der Waals surface area contributed by atoms with Gasteiger partial charge in [0.05, 0.1) is 6.20 Å². The molecule has 0 aliphatic heterocycles. The number of guanidine groups is 1. The predicted octanol–water partition coefficient (Wildman–Crippen LogP) is 2.90. The fourth-order valence-electron chi connectivity index (χ4n) is 2.09. The van der Waals surface area contributed by atoms with E-state index in [1.807, 2.05) is 55.7 Å². The molecule has 0 saturated heterocycles. The number of aliphatic imine (C=N–C) groups is 1. The normalized spacial score (nSPS) is 11.0. The Hall–Kier alpha value is -1.28.